The average Bonchev–Trinajstić information content (AvgIpc) is 3.30. The number of carbonyl (C=O) groups is 2. The summed E-state index contributed by atoms with van der Waals surface area (Å²) in [6.45, 7) is 0. The van der Waals surface area contributed by atoms with Crippen LogP contribution in [0.5, 0.6) is 5.75 Å². The predicted molar refractivity (Wildman–Crippen MR) is 134 cm³/mol. The van der Waals surface area contributed by atoms with E-state index in [0.717, 1.165) is 11.1 Å². The molecule has 0 saturated carbocycles. The average molecular weight is 463 g/mol. The molecule has 0 aliphatic carbocycles. The lowest BCUT2D eigenvalue weighted by molar-refractivity contribution is -0.133. The van der Waals surface area contributed by atoms with Crippen LogP contribution in [0.25, 0.3) is 22.6 Å². The Morgan fingerprint density at radius 3 is 2.14 bits per heavy atom. The molecular weight excluding hydrogens is 440 g/mol. The van der Waals surface area contributed by atoms with Crippen molar-refractivity contribution in [3.8, 4) is 17.2 Å². The van der Waals surface area contributed by atoms with E-state index in [-0.39, 0.29) is 18.7 Å². The van der Waals surface area contributed by atoms with E-state index in [2.05, 4.69) is 10.3 Å². The summed E-state index contributed by atoms with van der Waals surface area (Å²) in [6.07, 6.45) is 0.371. The first-order valence-electron chi connectivity index (χ1n) is 11.2. The third-order valence-corrected chi connectivity index (χ3v) is 5.41. The Bertz CT molecular complexity index is 1440. The molecule has 0 bridgehead atoms. The molecule has 0 spiro atoms. The van der Waals surface area contributed by atoms with Gasteiger partial charge < -0.3 is 14.5 Å². The van der Waals surface area contributed by atoms with E-state index in [0.29, 0.717) is 34.0 Å². The first kappa shape index (κ1) is 22.1. The number of nitrogens with one attached hydrogen (secondary N) is 1. The number of carbonyl (C=O) groups excluding carboxylic acids is 2. The highest BCUT2D eigenvalue weighted by atomic mass is 16.5. The number of esters is 1. The fraction of sp³-hybridized carbons (Fsp3) is 0.0690. The third kappa shape index (κ3) is 5.45. The van der Waals surface area contributed by atoms with Crippen molar-refractivity contribution in [2.75, 3.05) is 5.32 Å². The number of hydrogen-bond acceptors (Lipinski definition) is 5. The van der Waals surface area contributed by atoms with Gasteiger partial charge in [0, 0.05) is 5.69 Å². The molecule has 0 fully saturated rings. The minimum atomic E-state index is -0.408. The number of hydrogen-bond donors (Lipinski definition) is 1. The van der Waals surface area contributed by atoms with Crippen LogP contribution in [0.3, 0.4) is 0 Å². The highest BCUT2D eigenvalue weighted by Crippen LogP contribution is 2.34. The molecule has 0 radical (unpaired) electrons. The van der Waals surface area contributed by atoms with Crippen LogP contribution in [-0.4, -0.2) is 16.9 Å². The lowest BCUT2D eigenvalue weighted by Crippen LogP contribution is -2.15. The van der Waals surface area contributed by atoms with Crippen molar-refractivity contribution in [2.45, 2.75) is 12.8 Å². The summed E-state index contributed by atoms with van der Waals surface area (Å²) >= 11 is 0. The van der Waals surface area contributed by atoms with Crippen LogP contribution in [0.1, 0.15) is 11.1 Å². The Balaban J connectivity index is 1.42. The number of benzene rings is 4. The molecule has 0 atom stereocenters. The molecule has 0 aliphatic rings. The lowest BCUT2D eigenvalue weighted by Gasteiger charge is -2.11. The van der Waals surface area contributed by atoms with Crippen molar-refractivity contribution in [3.05, 3.63) is 114 Å². The zero-order valence-corrected chi connectivity index (χ0v) is 18.8. The van der Waals surface area contributed by atoms with E-state index in [1.807, 2.05) is 84.9 Å². The lowest BCUT2D eigenvalue weighted by atomic mass is 10.1. The van der Waals surface area contributed by atoms with E-state index >= 15 is 0 Å². The second kappa shape index (κ2) is 10.1. The molecule has 0 saturated heterocycles. The first-order chi connectivity index (χ1) is 17.1. The van der Waals surface area contributed by atoms with E-state index in [1.165, 1.54) is 0 Å². The van der Waals surface area contributed by atoms with Crippen LogP contribution >= 0.6 is 0 Å². The number of aromatic nitrogens is 1. The fourth-order valence-electron chi connectivity index (χ4n) is 3.76. The van der Waals surface area contributed by atoms with E-state index in [1.54, 1.807) is 18.2 Å². The quantitative estimate of drug-likeness (QED) is 0.243. The maximum Gasteiger partial charge on any atom is 0.315 e. The third-order valence-electron chi connectivity index (χ3n) is 5.41. The van der Waals surface area contributed by atoms with Crippen LogP contribution in [0.15, 0.2) is 108 Å². The number of para-hydroxylation sites is 2. The van der Waals surface area contributed by atoms with Crippen LogP contribution in [0.4, 0.5) is 5.69 Å². The zero-order valence-electron chi connectivity index (χ0n) is 18.8. The van der Waals surface area contributed by atoms with E-state index < -0.39 is 5.97 Å². The Morgan fingerprint density at radius 1 is 0.771 bits per heavy atom. The normalized spacial score (nSPS) is 10.7. The molecule has 35 heavy (non-hydrogen) atoms. The van der Waals surface area contributed by atoms with Crippen LogP contribution in [0.2, 0.25) is 0 Å². The molecule has 5 aromatic rings. The Morgan fingerprint density at radius 2 is 1.43 bits per heavy atom. The van der Waals surface area contributed by atoms with Crippen molar-refractivity contribution in [2.24, 2.45) is 0 Å². The van der Waals surface area contributed by atoms with E-state index in [4.69, 9.17) is 9.15 Å². The molecule has 1 N–H and O–H groups in total. The van der Waals surface area contributed by atoms with Gasteiger partial charge in [-0.15, -0.1) is 0 Å². The standard InChI is InChI=1S/C29H22N2O4/c32-27(17-20-9-3-1-4-10-20)30-22-15-16-25(34-28(33)18-21-11-5-2-6-12-21)23(19-22)29-31-24-13-7-8-14-26(24)35-29/h1-16,19H,17-18H2,(H,30,32). The Hall–Kier alpha value is -4.71. The van der Waals surface area contributed by atoms with Crippen LogP contribution in [0, 0.1) is 0 Å². The summed E-state index contributed by atoms with van der Waals surface area (Å²) < 4.78 is 11.6. The van der Waals surface area contributed by atoms with Gasteiger partial charge in [0.15, 0.2) is 5.58 Å². The first-order valence-corrected chi connectivity index (χ1v) is 11.2. The number of fused-ring (bicyclic) bond motifs is 1. The summed E-state index contributed by atoms with van der Waals surface area (Å²) in [5.41, 5.74) is 4.08. The number of anilines is 1. The summed E-state index contributed by atoms with van der Waals surface area (Å²) in [5, 5.41) is 2.91. The van der Waals surface area contributed by atoms with E-state index in [9.17, 15) is 9.59 Å². The van der Waals surface area contributed by atoms with Crippen LogP contribution < -0.4 is 10.1 Å². The highest BCUT2D eigenvalue weighted by molar-refractivity contribution is 5.93. The molecule has 6 heteroatoms. The minimum absolute atomic E-state index is 0.128. The molecule has 1 aromatic heterocycles. The van der Waals surface area contributed by atoms with Gasteiger partial charge in [0.2, 0.25) is 11.8 Å². The molecule has 0 unspecified atom stereocenters. The Labute approximate surface area is 202 Å². The van der Waals surface area contributed by atoms with Gasteiger partial charge in [0.05, 0.1) is 18.4 Å². The van der Waals surface area contributed by atoms with Crippen LogP contribution in [-0.2, 0) is 22.4 Å². The van der Waals surface area contributed by atoms with Gasteiger partial charge in [-0.05, 0) is 41.5 Å². The number of oxazole rings is 1. The zero-order chi connectivity index (χ0) is 24.0. The van der Waals surface area contributed by atoms with Gasteiger partial charge in [-0.1, -0.05) is 72.8 Å². The number of nitrogens with zero attached hydrogens (tertiary/aromatic N) is 1. The van der Waals surface area contributed by atoms with Crippen molar-refractivity contribution < 1.29 is 18.7 Å². The molecule has 6 nitrogen and oxygen atoms in total. The SMILES string of the molecule is O=C(Cc1ccccc1)Nc1ccc(OC(=O)Cc2ccccc2)c(-c2nc3ccccc3o2)c1. The number of ether oxygens (including phenoxy) is 1. The minimum Gasteiger partial charge on any atom is -0.436 e. The van der Waals surface area contributed by atoms with Crippen molar-refractivity contribution in [1.29, 1.82) is 0 Å². The molecule has 4 aromatic carbocycles. The monoisotopic (exact) mass is 462 g/mol. The van der Waals surface area contributed by atoms with Gasteiger partial charge in [0.1, 0.15) is 11.3 Å². The fourth-order valence-corrected chi connectivity index (χ4v) is 3.76. The largest absolute Gasteiger partial charge is 0.436 e. The maximum absolute atomic E-state index is 12.7. The summed E-state index contributed by atoms with van der Waals surface area (Å²) in [7, 11) is 0. The molecule has 1 heterocycles. The second-order valence-corrected chi connectivity index (χ2v) is 8.04. The highest BCUT2D eigenvalue weighted by Gasteiger charge is 2.18. The van der Waals surface area contributed by atoms with Crippen molar-refractivity contribution in [3.63, 3.8) is 0 Å². The maximum atomic E-state index is 12.7. The van der Waals surface area contributed by atoms with Gasteiger partial charge >= 0.3 is 5.97 Å². The molecule has 0 aliphatic heterocycles. The Kier molecular flexibility index (Phi) is 6.35. The second-order valence-electron chi connectivity index (χ2n) is 8.04. The van der Waals surface area contributed by atoms with Crippen molar-refractivity contribution >= 4 is 28.7 Å². The molecular formula is C29H22N2O4. The predicted octanol–water partition coefficient (Wildman–Crippen LogP) is 5.82. The molecule has 1 amide bonds. The molecule has 172 valence electrons. The summed E-state index contributed by atoms with van der Waals surface area (Å²) in [4.78, 5) is 29.8. The summed E-state index contributed by atoms with van der Waals surface area (Å²) in [6, 6.07) is 31.3. The molecule has 5 rings (SSSR count). The van der Waals surface area contributed by atoms with Crippen molar-refractivity contribution in [1.82, 2.24) is 4.98 Å². The van der Waals surface area contributed by atoms with Gasteiger partial charge in [-0.3, -0.25) is 9.59 Å². The van der Waals surface area contributed by atoms with Gasteiger partial charge in [-0.25, -0.2) is 4.98 Å². The number of rotatable bonds is 7. The number of amides is 1. The topological polar surface area (TPSA) is 81.4 Å². The van der Waals surface area contributed by atoms with Gasteiger partial charge in [-0.2, -0.15) is 0 Å². The van der Waals surface area contributed by atoms with Gasteiger partial charge in [0.25, 0.3) is 0 Å². The smallest absolute Gasteiger partial charge is 0.315 e. The summed E-state index contributed by atoms with van der Waals surface area (Å²) in [5.74, 6) is 0.0365.